The van der Waals surface area contributed by atoms with Crippen molar-refractivity contribution in [3.8, 4) is 0 Å². The Morgan fingerprint density at radius 3 is 2.80 bits per heavy atom. The third kappa shape index (κ3) is 2.31. The third-order valence-electron chi connectivity index (χ3n) is 1.60. The third-order valence-corrected chi connectivity index (χ3v) is 1.60. The first-order valence-corrected chi connectivity index (χ1v) is 3.85. The number of rotatable bonds is 3. The van der Waals surface area contributed by atoms with Crippen LogP contribution in [0.25, 0.3) is 0 Å². The monoisotopic (exact) mass is 211 g/mol. The molecule has 0 amide bonds. The highest BCUT2D eigenvalue weighted by Gasteiger charge is 2.11. The summed E-state index contributed by atoms with van der Waals surface area (Å²) in [6.07, 6.45) is 3.30. The van der Waals surface area contributed by atoms with E-state index in [1.165, 1.54) is 6.20 Å². The Balaban J connectivity index is 3.22. The molecule has 1 heterocycles. The van der Waals surface area contributed by atoms with E-state index < -0.39 is 10.5 Å². The molecule has 8 heteroatoms. The number of nitrogens with two attached hydrogens (primary N) is 2. The molecule has 0 aliphatic heterocycles. The molecule has 0 fully saturated rings. The normalized spacial score (nSPS) is 10.5. The lowest BCUT2D eigenvalue weighted by molar-refractivity contribution is -0.385. The van der Waals surface area contributed by atoms with Crippen molar-refractivity contribution in [2.45, 2.75) is 0 Å². The Morgan fingerprint density at radius 2 is 2.27 bits per heavy atom. The number of pyridine rings is 1. The van der Waals surface area contributed by atoms with E-state index in [-0.39, 0.29) is 11.4 Å². The number of aromatic amines is 1. The number of nitro groups is 1. The molecule has 8 nitrogen and oxygen atoms in total. The number of hydrogen-bond donors (Lipinski definition) is 3. The first-order valence-electron chi connectivity index (χ1n) is 3.85. The van der Waals surface area contributed by atoms with Crippen LogP contribution in [0.2, 0.25) is 0 Å². The number of anilines is 1. The van der Waals surface area contributed by atoms with Crippen LogP contribution in [-0.2, 0) is 0 Å². The SMILES string of the molecule is N/C=C\N(N)c1cc([N+](=O)[O-])c[nH]c1=O. The van der Waals surface area contributed by atoms with Gasteiger partial charge < -0.3 is 10.7 Å². The molecule has 0 unspecified atom stereocenters. The Hall–Kier alpha value is -2.35. The van der Waals surface area contributed by atoms with Crippen molar-refractivity contribution >= 4 is 11.4 Å². The molecular weight excluding hydrogens is 202 g/mol. The quantitative estimate of drug-likeness (QED) is 0.347. The second-order valence-electron chi connectivity index (χ2n) is 2.58. The van der Waals surface area contributed by atoms with Crippen LogP contribution in [0.3, 0.4) is 0 Å². The summed E-state index contributed by atoms with van der Waals surface area (Å²) in [5.74, 6) is 5.40. The molecule has 0 radical (unpaired) electrons. The van der Waals surface area contributed by atoms with Gasteiger partial charge in [-0.05, 0) is 0 Å². The Morgan fingerprint density at radius 1 is 1.60 bits per heavy atom. The standard InChI is InChI=1S/C7H9N5O3/c8-1-2-11(9)6-3-5(12(14)15)4-10-7(6)13/h1-4H,8-9H2,(H,10,13)/b2-1-. The summed E-state index contributed by atoms with van der Waals surface area (Å²) in [5.41, 5.74) is 4.20. The van der Waals surface area contributed by atoms with E-state index in [0.717, 1.165) is 23.5 Å². The molecule has 1 rings (SSSR count). The summed E-state index contributed by atoms with van der Waals surface area (Å²) in [4.78, 5) is 23.2. The van der Waals surface area contributed by atoms with Crippen molar-refractivity contribution in [2.24, 2.45) is 11.6 Å². The second kappa shape index (κ2) is 4.24. The summed E-state index contributed by atoms with van der Waals surface area (Å²) < 4.78 is 0. The molecule has 0 aromatic carbocycles. The fourth-order valence-corrected chi connectivity index (χ4v) is 0.931. The first-order chi connectivity index (χ1) is 7.06. The summed E-state index contributed by atoms with van der Waals surface area (Å²) in [5, 5.41) is 11.3. The molecule has 0 bridgehead atoms. The maximum atomic E-state index is 11.2. The smallest absolute Gasteiger partial charge is 0.287 e. The van der Waals surface area contributed by atoms with E-state index in [1.54, 1.807) is 0 Å². The van der Waals surface area contributed by atoms with Crippen LogP contribution in [0.15, 0.2) is 29.5 Å². The van der Waals surface area contributed by atoms with E-state index in [4.69, 9.17) is 11.6 Å². The van der Waals surface area contributed by atoms with Gasteiger partial charge in [-0.1, -0.05) is 0 Å². The number of hydrogen-bond acceptors (Lipinski definition) is 6. The van der Waals surface area contributed by atoms with Gasteiger partial charge in [0, 0.05) is 18.5 Å². The average Bonchev–Trinajstić information content (AvgIpc) is 2.18. The number of nitrogens with zero attached hydrogens (tertiary/aromatic N) is 2. The van der Waals surface area contributed by atoms with Crippen LogP contribution < -0.4 is 22.1 Å². The van der Waals surface area contributed by atoms with Crippen LogP contribution in [-0.4, -0.2) is 9.91 Å². The lowest BCUT2D eigenvalue weighted by atomic mass is 10.3. The zero-order valence-electron chi connectivity index (χ0n) is 7.58. The van der Waals surface area contributed by atoms with Gasteiger partial charge in [-0.2, -0.15) is 0 Å². The average molecular weight is 211 g/mol. The summed E-state index contributed by atoms with van der Waals surface area (Å²) in [6.45, 7) is 0. The minimum atomic E-state index is -0.639. The molecule has 15 heavy (non-hydrogen) atoms. The molecule has 5 N–H and O–H groups in total. The topological polar surface area (TPSA) is 131 Å². The highest BCUT2D eigenvalue weighted by Crippen LogP contribution is 2.13. The van der Waals surface area contributed by atoms with Crippen molar-refractivity contribution in [3.63, 3.8) is 0 Å². The molecule has 0 aliphatic carbocycles. The van der Waals surface area contributed by atoms with Crippen molar-refractivity contribution in [1.82, 2.24) is 4.98 Å². The molecule has 0 atom stereocenters. The lowest BCUT2D eigenvalue weighted by Gasteiger charge is -2.10. The van der Waals surface area contributed by atoms with Crippen LogP contribution in [0.1, 0.15) is 0 Å². The minimum absolute atomic E-state index is 0.0640. The molecule has 1 aromatic heterocycles. The summed E-state index contributed by atoms with van der Waals surface area (Å²) in [6, 6.07) is 1.05. The van der Waals surface area contributed by atoms with Gasteiger partial charge in [-0.3, -0.25) is 19.9 Å². The van der Waals surface area contributed by atoms with Crippen LogP contribution in [0.5, 0.6) is 0 Å². The van der Waals surface area contributed by atoms with E-state index in [0.29, 0.717) is 0 Å². The van der Waals surface area contributed by atoms with Gasteiger partial charge >= 0.3 is 0 Å². The Kier molecular flexibility index (Phi) is 3.03. The zero-order chi connectivity index (χ0) is 11.4. The predicted molar refractivity (Wildman–Crippen MR) is 53.7 cm³/mol. The number of H-pyrrole nitrogens is 1. The molecular formula is C7H9N5O3. The second-order valence-corrected chi connectivity index (χ2v) is 2.58. The largest absolute Gasteiger partial charge is 0.403 e. The Bertz CT molecular complexity index is 452. The number of hydrazine groups is 1. The van der Waals surface area contributed by atoms with Gasteiger partial charge in [0.15, 0.2) is 0 Å². The zero-order valence-corrected chi connectivity index (χ0v) is 7.58. The maximum absolute atomic E-state index is 11.2. The summed E-state index contributed by atoms with van der Waals surface area (Å²) >= 11 is 0. The molecule has 0 spiro atoms. The van der Waals surface area contributed by atoms with E-state index in [1.807, 2.05) is 0 Å². The molecule has 0 saturated carbocycles. The fourth-order valence-electron chi connectivity index (χ4n) is 0.931. The number of aromatic nitrogens is 1. The van der Waals surface area contributed by atoms with Crippen molar-refractivity contribution < 1.29 is 4.92 Å². The van der Waals surface area contributed by atoms with Gasteiger partial charge in [0.25, 0.3) is 11.2 Å². The van der Waals surface area contributed by atoms with E-state index >= 15 is 0 Å². The predicted octanol–water partition coefficient (Wildman–Crippen LogP) is -0.607. The van der Waals surface area contributed by atoms with Gasteiger partial charge in [0.1, 0.15) is 5.69 Å². The summed E-state index contributed by atoms with van der Waals surface area (Å²) in [7, 11) is 0. The maximum Gasteiger partial charge on any atom is 0.287 e. The van der Waals surface area contributed by atoms with Gasteiger partial charge in [-0.25, -0.2) is 5.84 Å². The molecule has 0 saturated heterocycles. The lowest BCUT2D eigenvalue weighted by Crippen LogP contribution is -2.30. The van der Waals surface area contributed by atoms with Crippen molar-refractivity contribution in [3.05, 3.63) is 45.1 Å². The van der Waals surface area contributed by atoms with Gasteiger partial charge in [0.2, 0.25) is 0 Å². The van der Waals surface area contributed by atoms with Crippen LogP contribution >= 0.6 is 0 Å². The van der Waals surface area contributed by atoms with Crippen LogP contribution in [0, 0.1) is 10.1 Å². The highest BCUT2D eigenvalue weighted by atomic mass is 16.6. The fraction of sp³-hybridized carbons (Fsp3) is 0. The van der Waals surface area contributed by atoms with Crippen molar-refractivity contribution in [1.29, 1.82) is 0 Å². The molecule has 80 valence electrons. The van der Waals surface area contributed by atoms with Gasteiger partial charge in [-0.15, -0.1) is 0 Å². The Labute approximate surface area is 83.9 Å². The molecule has 0 aliphatic rings. The number of nitrogens with one attached hydrogen (secondary N) is 1. The minimum Gasteiger partial charge on any atom is -0.403 e. The first kappa shape index (κ1) is 10.7. The van der Waals surface area contributed by atoms with Crippen LogP contribution in [0.4, 0.5) is 11.4 Å². The van der Waals surface area contributed by atoms with Gasteiger partial charge in [0.05, 0.1) is 11.1 Å². The van der Waals surface area contributed by atoms with Crippen molar-refractivity contribution in [2.75, 3.05) is 5.01 Å². The van der Waals surface area contributed by atoms with E-state index in [9.17, 15) is 14.9 Å². The van der Waals surface area contributed by atoms with E-state index in [2.05, 4.69) is 4.98 Å². The molecule has 1 aromatic rings. The highest BCUT2D eigenvalue weighted by molar-refractivity contribution is 5.51.